The molecule has 5 heteroatoms. The van der Waals surface area contributed by atoms with Gasteiger partial charge in [-0.05, 0) is 30.0 Å². The number of hydrogen-bond donors (Lipinski definition) is 1. The molecule has 4 aromatic rings. The third-order valence-corrected chi connectivity index (χ3v) is 5.64. The van der Waals surface area contributed by atoms with Crippen molar-refractivity contribution in [3.05, 3.63) is 94.3 Å². The van der Waals surface area contributed by atoms with E-state index in [-0.39, 0.29) is 24.3 Å². The SMILES string of the molecule is C[C@@H](NC(=O)Cn1cc(C(=O)c2cccs2)c2ccccc21)c1ccccc1. The summed E-state index contributed by atoms with van der Waals surface area (Å²) in [6, 6.07) is 21.2. The number of benzene rings is 2. The van der Waals surface area contributed by atoms with Crippen molar-refractivity contribution in [2.45, 2.75) is 19.5 Å². The van der Waals surface area contributed by atoms with Gasteiger partial charge in [0.1, 0.15) is 6.54 Å². The summed E-state index contributed by atoms with van der Waals surface area (Å²) in [6.07, 6.45) is 1.79. The van der Waals surface area contributed by atoms with Crippen LogP contribution in [0.4, 0.5) is 0 Å². The Morgan fingerprint density at radius 3 is 2.50 bits per heavy atom. The van der Waals surface area contributed by atoms with Crippen molar-refractivity contribution in [1.29, 1.82) is 0 Å². The summed E-state index contributed by atoms with van der Waals surface area (Å²) in [5.74, 6) is -0.102. The summed E-state index contributed by atoms with van der Waals surface area (Å²) in [7, 11) is 0. The van der Waals surface area contributed by atoms with Crippen LogP contribution in [0.15, 0.2) is 78.3 Å². The summed E-state index contributed by atoms with van der Waals surface area (Å²) in [4.78, 5) is 26.2. The number of ketones is 1. The number of amides is 1. The van der Waals surface area contributed by atoms with E-state index in [0.717, 1.165) is 16.5 Å². The highest BCUT2D eigenvalue weighted by Crippen LogP contribution is 2.25. The van der Waals surface area contributed by atoms with Gasteiger partial charge in [-0.25, -0.2) is 0 Å². The third-order valence-electron chi connectivity index (χ3n) is 4.77. The van der Waals surface area contributed by atoms with Gasteiger partial charge in [0, 0.05) is 22.7 Å². The molecule has 1 atom stereocenters. The number of thiophene rings is 1. The van der Waals surface area contributed by atoms with Crippen LogP contribution >= 0.6 is 11.3 Å². The van der Waals surface area contributed by atoms with E-state index < -0.39 is 0 Å². The van der Waals surface area contributed by atoms with E-state index in [0.29, 0.717) is 10.4 Å². The molecule has 0 bridgehead atoms. The molecule has 0 saturated heterocycles. The minimum atomic E-state index is -0.0905. The Morgan fingerprint density at radius 2 is 1.75 bits per heavy atom. The molecule has 2 aromatic carbocycles. The van der Waals surface area contributed by atoms with Crippen LogP contribution in [-0.4, -0.2) is 16.3 Å². The van der Waals surface area contributed by atoms with E-state index in [9.17, 15) is 9.59 Å². The van der Waals surface area contributed by atoms with E-state index in [1.54, 1.807) is 6.20 Å². The Morgan fingerprint density at radius 1 is 1.00 bits per heavy atom. The average Bonchev–Trinajstić information content (AvgIpc) is 3.37. The summed E-state index contributed by atoms with van der Waals surface area (Å²) >= 11 is 1.43. The van der Waals surface area contributed by atoms with Gasteiger partial charge in [-0.1, -0.05) is 54.6 Å². The normalized spacial score (nSPS) is 12.0. The fourth-order valence-electron chi connectivity index (χ4n) is 3.37. The molecular weight excluding hydrogens is 368 g/mol. The molecule has 2 aromatic heterocycles. The molecule has 0 aliphatic rings. The number of aromatic nitrogens is 1. The highest BCUT2D eigenvalue weighted by atomic mass is 32.1. The van der Waals surface area contributed by atoms with Gasteiger partial charge in [0.25, 0.3) is 0 Å². The van der Waals surface area contributed by atoms with Crippen LogP contribution < -0.4 is 5.32 Å². The molecule has 0 fully saturated rings. The smallest absolute Gasteiger partial charge is 0.240 e. The zero-order chi connectivity index (χ0) is 19.5. The predicted octanol–water partition coefficient (Wildman–Crippen LogP) is 4.81. The molecule has 0 unspecified atom stereocenters. The first-order chi connectivity index (χ1) is 13.6. The van der Waals surface area contributed by atoms with E-state index >= 15 is 0 Å². The van der Waals surface area contributed by atoms with Gasteiger partial charge in [0.2, 0.25) is 11.7 Å². The van der Waals surface area contributed by atoms with Crippen molar-refractivity contribution in [2.24, 2.45) is 0 Å². The maximum atomic E-state index is 12.9. The monoisotopic (exact) mass is 388 g/mol. The Bertz CT molecular complexity index is 1110. The number of fused-ring (bicyclic) bond motifs is 1. The van der Waals surface area contributed by atoms with Crippen LogP contribution in [0.25, 0.3) is 10.9 Å². The Kier molecular flexibility index (Phi) is 5.08. The Labute approximate surface area is 167 Å². The van der Waals surface area contributed by atoms with Gasteiger partial charge in [0.15, 0.2) is 0 Å². The summed E-state index contributed by atoms with van der Waals surface area (Å²) in [6.45, 7) is 2.13. The second kappa shape index (κ2) is 7.82. The lowest BCUT2D eigenvalue weighted by atomic mass is 10.1. The summed E-state index contributed by atoms with van der Waals surface area (Å²) in [5, 5.41) is 5.79. The lowest BCUT2D eigenvalue weighted by molar-refractivity contribution is -0.122. The molecule has 4 rings (SSSR count). The summed E-state index contributed by atoms with van der Waals surface area (Å²) in [5.41, 5.74) is 2.56. The zero-order valence-electron chi connectivity index (χ0n) is 15.5. The van der Waals surface area contributed by atoms with Crippen molar-refractivity contribution in [2.75, 3.05) is 0 Å². The molecule has 0 radical (unpaired) electrons. The first kappa shape index (κ1) is 18.2. The summed E-state index contributed by atoms with van der Waals surface area (Å²) < 4.78 is 1.85. The van der Waals surface area contributed by atoms with Crippen molar-refractivity contribution >= 4 is 33.9 Å². The van der Waals surface area contributed by atoms with Gasteiger partial charge < -0.3 is 9.88 Å². The van der Waals surface area contributed by atoms with Gasteiger partial charge in [-0.15, -0.1) is 11.3 Å². The molecular formula is C23H20N2O2S. The largest absolute Gasteiger partial charge is 0.348 e. The molecule has 0 saturated carbocycles. The second-order valence-corrected chi connectivity index (χ2v) is 7.64. The number of nitrogens with zero attached hydrogens (tertiary/aromatic N) is 1. The predicted molar refractivity (Wildman–Crippen MR) is 113 cm³/mol. The lowest BCUT2D eigenvalue weighted by Crippen LogP contribution is -2.29. The first-order valence-electron chi connectivity index (χ1n) is 9.14. The average molecular weight is 388 g/mol. The molecule has 0 spiro atoms. The number of hydrogen-bond acceptors (Lipinski definition) is 3. The lowest BCUT2D eigenvalue weighted by Gasteiger charge is -2.15. The third kappa shape index (κ3) is 3.62. The highest BCUT2D eigenvalue weighted by Gasteiger charge is 2.19. The van der Waals surface area contributed by atoms with Crippen molar-refractivity contribution in [3.63, 3.8) is 0 Å². The molecule has 1 N–H and O–H groups in total. The zero-order valence-corrected chi connectivity index (χ0v) is 16.3. The molecule has 0 aliphatic heterocycles. The van der Waals surface area contributed by atoms with Gasteiger partial charge in [0.05, 0.1) is 10.9 Å². The fourth-order valence-corrected chi connectivity index (χ4v) is 4.04. The van der Waals surface area contributed by atoms with Gasteiger partial charge in [-0.3, -0.25) is 9.59 Å². The number of nitrogens with one attached hydrogen (secondary N) is 1. The van der Waals surface area contributed by atoms with Crippen LogP contribution in [0.5, 0.6) is 0 Å². The Balaban J connectivity index is 1.59. The van der Waals surface area contributed by atoms with Crippen LogP contribution in [0.2, 0.25) is 0 Å². The molecule has 0 aliphatic carbocycles. The maximum Gasteiger partial charge on any atom is 0.240 e. The molecule has 140 valence electrons. The van der Waals surface area contributed by atoms with Gasteiger partial charge in [-0.2, -0.15) is 0 Å². The van der Waals surface area contributed by atoms with E-state index in [4.69, 9.17) is 0 Å². The van der Waals surface area contributed by atoms with Crippen LogP contribution in [-0.2, 0) is 11.3 Å². The molecule has 28 heavy (non-hydrogen) atoms. The van der Waals surface area contributed by atoms with Crippen LogP contribution in [0.1, 0.15) is 33.8 Å². The van der Waals surface area contributed by atoms with Crippen molar-refractivity contribution in [1.82, 2.24) is 9.88 Å². The van der Waals surface area contributed by atoms with Crippen molar-refractivity contribution in [3.8, 4) is 0 Å². The van der Waals surface area contributed by atoms with E-state index in [1.165, 1.54) is 11.3 Å². The van der Waals surface area contributed by atoms with Crippen LogP contribution in [0, 0.1) is 0 Å². The standard InChI is InChI=1S/C23H20N2O2S/c1-16(17-8-3-2-4-9-17)24-22(26)15-25-14-19(18-10-5-6-11-20(18)25)23(27)21-12-7-13-28-21/h2-14,16H,15H2,1H3,(H,24,26)/t16-/m1/s1. The van der Waals surface area contributed by atoms with Crippen molar-refractivity contribution < 1.29 is 9.59 Å². The quantitative estimate of drug-likeness (QED) is 0.482. The number of carbonyl (C=O) groups excluding carboxylic acids is 2. The van der Waals surface area contributed by atoms with Crippen LogP contribution in [0.3, 0.4) is 0 Å². The molecule has 2 heterocycles. The van der Waals surface area contributed by atoms with E-state index in [2.05, 4.69) is 5.32 Å². The fraction of sp³-hybridized carbons (Fsp3) is 0.130. The minimum Gasteiger partial charge on any atom is -0.348 e. The maximum absolute atomic E-state index is 12.9. The Hall–Kier alpha value is -3.18. The number of carbonyl (C=O) groups is 2. The topological polar surface area (TPSA) is 51.1 Å². The molecule has 1 amide bonds. The minimum absolute atomic E-state index is 0.0111. The van der Waals surface area contributed by atoms with Gasteiger partial charge >= 0.3 is 0 Å². The van der Waals surface area contributed by atoms with E-state index in [1.807, 2.05) is 83.6 Å². The molecule has 4 nitrogen and oxygen atoms in total. The number of rotatable bonds is 6. The number of para-hydroxylation sites is 1. The first-order valence-corrected chi connectivity index (χ1v) is 10.0. The highest BCUT2D eigenvalue weighted by molar-refractivity contribution is 7.12. The second-order valence-electron chi connectivity index (χ2n) is 6.69.